The Kier molecular flexibility index (Phi) is 6.28. The summed E-state index contributed by atoms with van der Waals surface area (Å²) in [4.78, 5) is 39.2. The van der Waals surface area contributed by atoms with Crippen molar-refractivity contribution < 1.29 is 9.90 Å². The number of aromatic amines is 1. The number of benzene rings is 2. The molecular formula is C17H9Br4N3O4. The van der Waals surface area contributed by atoms with Gasteiger partial charge in [-0.25, -0.2) is 4.79 Å². The normalized spacial score (nSPS) is 10.7. The standard InChI is InChI=1S/C17H9Br4N3O4/c18-7-5-9(11(20)12(21)10(7)19)23-17(28)24-13-14(25)6-3-1-2-4-8(6)22-16(27)15(13)26/h1-5H,(H4,22,23,24,25,26,27,28). The van der Waals surface area contributed by atoms with Crippen LogP contribution in [0.4, 0.5) is 16.2 Å². The van der Waals surface area contributed by atoms with Crippen molar-refractivity contribution in [3.63, 3.8) is 0 Å². The molecule has 0 spiro atoms. The summed E-state index contributed by atoms with van der Waals surface area (Å²) >= 11 is 13.4. The van der Waals surface area contributed by atoms with E-state index < -0.39 is 28.5 Å². The average molecular weight is 639 g/mol. The highest BCUT2D eigenvalue weighted by Gasteiger charge is 2.17. The van der Waals surface area contributed by atoms with Gasteiger partial charge in [0, 0.05) is 18.8 Å². The molecule has 0 fully saturated rings. The van der Waals surface area contributed by atoms with Gasteiger partial charge in [0.05, 0.1) is 15.7 Å². The maximum atomic E-state index is 12.4. The number of H-pyrrole nitrogens is 1. The van der Waals surface area contributed by atoms with Crippen LogP contribution in [0.2, 0.25) is 0 Å². The van der Waals surface area contributed by atoms with Crippen LogP contribution < -0.4 is 21.6 Å². The molecule has 2 aromatic carbocycles. The minimum atomic E-state index is -1.07. The van der Waals surface area contributed by atoms with Crippen LogP contribution >= 0.6 is 63.7 Å². The van der Waals surface area contributed by atoms with E-state index in [1.807, 2.05) is 0 Å². The van der Waals surface area contributed by atoms with E-state index in [2.05, 4.69) is 79.3 Å². The first-order valence-corrected chi connectivity index (χ1v) is 10.7. The second kappa shape index (κ2) is 8.36. The average Bonchev–Trinajstić information content (AvgIpc) is 2.75. The number of anilines is 2. The third kappa shape index (κ3) is 4.02. The lowest BCUT2D eigenvalue weighted by Crippen LogP contribution is -2.30. The Balaban J connectivity index is 2.04. The molecule has 144 valence electrons. The van der Waals surface area contributed by atoms with Gasteiger partial charge in [0.1, 0.15) is 5.69 Å². The van der Waals surface area contributed by atoms with Gasteiger partial charge in [0.2, 0.25) is 0 Å². The Bertz CT molecular complexity index is 1240. The molecule has 1 heterocycles. The fourth-order valence-electron chi connectivity index (χ4n) is 2.38. The molecule has 1 aromatic heterocycles. The highest BCUT2D eigenvalue weighted by molar-refractivity contribution is 9.15. The lowest BCUT2D eigenvalue weighted by atomic mass is 10.2. The Labute approximate surface area is 191 Å². The number of carbonyl (C=O) groups is 1. The summed E-state index contributed by atoms with van der Waals surface area (Å²) < 4.78 is 2.60. The molecular weight excluding hydrogens is 630 g/mol. The lowest BCUT2D eigenvalue weighted by Gasteiger charge is -2.12. The highest BCUT2D eigenvalue weighted by Crippen LogP contribution is 2.41. The third-order valence-corrected chi connectivity index (χ3v) is 8.35. The SMILES string of the molecule is O=C(Nc1cc(Br)c(Br)c(Br)c1Br)Nc1c(O)c2ccccc2[nH]c(=O)c1=O. The topological polar surface area (TPSA) is 111 Å². The first kappa shape index (κ1) is 21.0. The molecule has 11 heteroatoms. The van der Waals surface area contributed by atoms with E-state index in [0.717, 1.165) is 4.47 Å². The van der Waals surface area contributed by atoms with Gasteiger partial charge in [-0.3, -0.25) is 9.59 Å². The van der Waals surface area contributed by atoms with E-state index in [9.17, 15) is 19.5 Å². The molecule has 4 N–H and O–H groups in total. The first-order chi connectivity index (χ1) is 13.2. The van der Waals surface area contributed by atoms with Crippen LogP contribution in [0.5, 0.6) is 5.75 Å². The zero-order chi connectivity index (χ0) is 20.6. The monoisotopic (exact) mass is 635 g/mol. The second-order valence-corrected chi connectivity index (χ2v) is 8.71. The second-order valence-electron chi connectivity index (χ2n) is 5.48. The van der Waals surface area contributed by atoms with E-state index in [1.54, 1.807) is 18.2 Å². The predicted octanol–water partition coefficient (Wildman–Crippen LogP) is 5.29. The number of rotatable bonds is 2. The van der Waals surface area contributed by atoms with Crippen LogP contribution in [0.25, 0.3) is 10.9 Å². The van der Waals surface area contributed by atoms with Crippen LogP contribution in [0.15, 0.2) is 57.8 Å². The molecule has 0 saturated heterocycles. The summed E-state index contributed by atoms with van der Waals surface area (Å²) in [5.74, 6) is -0.508. The smallest absolute Gasteiger partial charge is 0.323 e. The number of hydrogen-bond acceptors (Lipinski definition) is 4. The van der Waals surface area contributed by atoms with Crippen molar-refractivity contribution in [3.05, 3.63) is 68.8 Å². The van der Waals surface area contributed by atoms with Crippen LogP contribution in [-0.2, 0) is 0 Å². The van der Waals surface area contributed by atoms with Gasteiger partial charge < -0.3 is 20.7 Å². The van der Waals surface area contributed by atoms with Crippen LogP contribution in [0.1, 0.15) is 0 Å². The quantitative estimate of drug-likeness (QED) is 0.174. The number of halogens is 4. The number of hydrogen-bond donors (Lipinski definition) is 4. The summed E-state index contributed by atoms with van der Waals surface area (Å²) in [6.45, 7) is 0. The summed E-state index contributed by atoms with van der Waals surface area (Å²) in [5, 5.41) is 15.5. The van der Waals surface area contributed by atoms with Crippen LogP contribution in [0.3, 0.4) is 0 Å². The van der Waals surface area contributed by atoms with Gasteiger partial charge in [-0.2, -0.15) is 0 Å². The number of aromatic hydroxyl groups is 1. The van der Waals surface area contributed by atoms with E-state index in [1.165, 1.54) is 12.1 Å². The molecule has 0 aliphatic rings. The van der Waals surface area contributed by atoms with Gasteiger partial charge in [0.25, 0.3) is 11.0 Å². The Hall–Kier alpha value is -1.69. The minimum absolute atomic E-state index is 0.215. The fraction of sp³-hybridized carbons (Fsp3) is 0. The number of para-hydroxylation sites is 1. The molecule has 0 radical (unpaired) electrons. The predicted molar refractivity (Wildman–Crippen MR) is 122 cm³/mol. The molecule has 28 heavy (non-hydrogen) atoms. The molecule has 7 nitrogen and oxygen atoms in total. The molecule has 0 aliphatic heterocycles. The molecule has 0 aliphatic carbocycles. The summed E-state index contributed by atoms with van der Waals surface area (Å²) in [6.07, 6.45) is 0. The molecule has 2 amide bonds. The van der Waals surface area contributed by atoms with Crippen molar-refractivity contribution in [2.75, 3.05) is 10.6 Å². The number of aromatic nitrogens is 1. The molecule has 3 rings (SSSR count). The number of fused-ring (bicyclic) bond motifs is 1. The fourth-order valence-corrected chi connectivity index (χ4v) is 4.49. The van der Waals surface area contributed by atoms with Gasteiger partial charge in [-0.05, 0) is 81.9 Å². The number of amides is 2. The third-order valence-electron chi connectivity index (χ3n) is 3.69. The van der Waals surface area contributed by atoms with E-state index >= 15 is 0 Å². The van der Waals surface area contributed by atoms with Crippen molar-refractivity contribution in [2.24, 2.45) is 0 Å². The number of urea groups is 1. The number of carbonyl (C=O) groups excluding carboxylic acids is 1. The minimum Gasteiger partial charge on any atom is -0.505 e. The highest BCUT2D eigenvalue weighted by atomic mass is 79.9. The van der Waals surface area contributed by atoms with Crippen molar-refractivity contribution in [1.82, 2.24) is 4.98 Å². The van der Waals surface area contributed by atoms with E-state index in [0.29, 0.717) is 19.1 Å². The molecule has 0 atom stereocenters. The Morgan fingerprint density at radius 2 is 1.64 bits per heavy atom. The maximum absolute atomic E-state index is 12.4. The Morgan fingerprint density at radius 3 is 2.36 bits per heavy atom. The van der Waals surface area contributed by atoms with Gasteiger partial charge in [-0.15, -0.1) is 0 Å². The molecule has 0 bridgehead atoms. The van der Waals surface area contributed by atoms with Crippen LogP contribution in [0, 0.1) is 0 Å². The molecule has 0 unspecified atom stereocenters. The van der Waals surface area contributed by atoms with Gasteiger partial charge in [0.15, 0.2) is 5.75 Å². The van der Waals surface area contributed by atoms with Crippen molar-refractivity contribution in [2.45, 2.75) is 0 Å². The first-order valence-electron chi connectivity index (χ1n) is 7.50. The molecule has 0 saturated carbocycles. The molecule has 3 aromatic rings. The summed E-state index contributed by atoms with van der Waals surface area (Å²) in [6, 6.07) is 7.13. The van der Waals surface area contributed by atoms with Gasteiger partial charge >= 0.3 is 6.03 Å². The zero-order valence-corrected chi connectivity index (χ0v) is 19.9. The zero-order valence-electron chi connectivity index (χ0n) is 13.6. The Morgan fingerprint density at radius 1 is 0.964 bits per heavy atom. The summed E-state index contributed by atoms with van der Waals surface area (Å²) in [5.41, 5.74) is -1.92. The van der Waals surface area contributed by atoms with E-state index in [-0.39, 0.29) is 10.9 Å². The summed E-state index contributed by atoms with van der Waals surface area (Å²) in [7, 11) is 0. The van der Waals surface area contributed by atoms with Crippen molar-refractivity contribution in [1.29, 1.82) is 0 Å². The lowest BCUT2D eigenvalue weighted by molar-refractivity contribution is 0.262. The van der Waals surface area contributed by atoms with Crippen molar-refractivity contribution >= 4 is 92.0 Å². The van der Waals surface area contributed by atoms with Gasteiger partial charge in [-0.1, -0.05) is 12.1 Å². The van der Waals surface area contributed by atoms with Crippen molar-refractivity contribution in [3.8, 4) is 5.75 Å². The van der Waals surface area contributed by atoms with Crippen LogP contribution in [-0.4, -0.2) is 16.1 Å². The van der Waals surface area contributed by atoms with E-state index in [4.69, 9.17) is 0 Å². The number of nitrogens with one attached hydrogen (secondary N) is 3. The largest absolute Gasteiger partial charge is 0.505 e. The maximum Gasteiger partial charge on any atom is 0.323 e.